The second kappa shape index (κ2) is 3.92. The van der Waals surface area contributed by atoms with Gasteiger partial charge in [-0.2, -0.15) is 0 Å². The summed E-state index contributed by atoms with van der Waals surface area (Å²) in [6.07, 6.45) is 2.83. The average Bonchev–Trinajstić information content (AvgIpc) is 3.06. The van der Waals surface area contributed by atoms with Crippen molar-refractivity contribution in [1.29, 1.82) is 0 Å². The first kappa shape index (κ1) is 11.2. The van der Waals surface area contributed by atoms with E-state index in [9.17, 15) is 9.59 Å². The van der Waals surface area contributed by atoms with Crippen LogP contribution in [0.4, 0.5) is 0 Å². The van der Waals surface area contributed by atoms with E-state index in [2.05, 4.69) is 0 Å². The maximum atomic E-state index is 12.2. The highest BCUT2D eigenvalue weighted by atomic mass is 16.2. The van der Waals surface area contributed by atoms with Crippen LogP contribution in [0.3, 0.4) is 0 Å². The Hall–Kier alpha value is -1.32. The molecule has 0 aliphatic heterocycles. The first-order valence-electron chi connectivity index (χ1n) is 5.90. The minimum atomic E-state index is -0.127. The number of aromatic nitrogens is 2. The fourth-order valence-electron chi connectivity index (χ4n) is 2.04. The molecule has 0 unspecified atom stereocenters. The van der Waals surface area contributed by atoms with Crippen molar-refractivity contribution in [1.82, 2.24) is 9.13 Å². The SMILES string of the molecule is CCCn1c(C)c(C)c(=O)n(C2CC2)c1=O. The fraction of sp³-hybridized carbons (Fsp3) is 0.667. The number of nitrogens with zero attached hydrogens (tertiary/aromatic N) is 2. The Morgan fingerprint density at radius 3 is 2.38 bits per heavy atom. The van der Waals surface area contributed by atoms with E-state index in [1.807, 2.05) is 20.8 Å². The van der Waals surface area contributed by atoms with Crippen LogP contribution in [-0.4, -0.2) is 9.13 Å². The summed E-state index contributed by atoms with van der Waals surface area (Å²) >= 11 is 0. The standard InChI is InChI=1S/C12H18N2O2/c1-4-7-13-9(3)8(2)11(15)14(12(13)16)10-5-6-10/h10H,4-7H2,1-3H3. The molecule has 1 aromatic heterocycles. The average molecular weight is 222 g/mol. The van der Waals surface area contributed by atoms with Gasteiger partial charge in [-0.25, -0.2) is 4.79 Å². The number of hydrogen-bond donors (Lipinski definition) is 0. The lowest BCUT2D eigenvalue weighted by Crippen LogP contribution is -2.42. The molecule has 1 aliphatic carbocycles. The largest absolute Gasteiger partial charge is 0.331 e. The Kier molecular flexibility index (Phi) is 2.74. The molecular weight excluding hydrogens is 204 g/mol. The van der Waals surface area contributed by atoms with Crippen molar-refractivity contribution in [2.45, 2.75) is 52.6 Å². The lowest BCUT2D eigenvalue weighted by molar-refractivity contribution is 0.536. The topological polar surface area (TPSA) is 44.0 Å². The van der Waals surface area contributed by atoms with E-state index in [4.69, 9.17) is 0 Å². The molecule has 0 N–H and O–H groups in total. The molecule has 4 nitrogen and oxygen atoms in total. The summed E-state index contributed by atoms with van der Waals surface area (Å²) < 4.78 is 3.17. The lowest BCUT2D eigenvalue weighted by atomic mass is 10.2. The van der Waals surface area contributed by atoms with Crippen LogP contribution < -0.4 is 11.2 Å². The third kappa shape index (κ3) is 1.62. The maximum Gasteiger partial charge on any atom is 0.331 e. The van der Waals surface area contributed by atoms with Crippen molar-refractivity contribution in [3.05, 3.63) is 32.1 Å². The maximum absolute atomic E-state index is 12.2. The highest BCUT2D eigenvalue weighted by molar-refractivity contribution is 5.15. The lowest BCUT2D eigenvalue weighted by Gasteiger charge is -2.14. The van der Waals surface area contributed by atoms with Crippen LogP contribution in [0.5, 0.6) is 0 Å². The first-order valence-corrected chi connectivity index (χ1v) is 5.90. The van der Waals surface area contributed by atoms with Crippen molar-refractivity contribution in [3.63, 3.8) is 0 Å². The summed E-state index contributed by atoms with van der Waals surface area (Å²) in [7, 11) is 0. The normalized spacial score (nSPS) is 15.4. The molecule has 1 saturated carbocycles. The Balaban J connectivity index is 2.71. The summed E-state index contributed by atoms with van der Waals surface area (Å²) in [6, 6.07) is 0.155. The number of rotatable bonds is 3. The zero-order valence-electron chi connectivity index (χ0n) is 10.1. The molecule has 0 bridgehead atoms. The van der Waals surface area contributed by atoms with Gasteiger partial charge in [0.15, 0.2) is 0 Å². The summed E-state index contributed by atoms with van der Waals surface area (Å²) in [6.45, 7) is 6.39. The van der Waals surface area contributed by atoms with Gasteiger partial charge in [-0.15, -0.1) is 0 Å². The molecule has 0 spiro atoms. The van der Waals surface area contributed by atoms with E-state index in [1.54, 1.807) is 4.57 Å². The Bertz CT molecular complexity index is 521. The Labute approximate surface area is 94.5 Å². The van der Waals surface area contributed by atoms with Crippen molar-refractivity contribution < 1.29 is 0 Å². The Morgan fingerprint density at radius 1 is 1.25 bits per heavy atom. The highest BCUT2D eigenvalue weighted by Crippen LogP contribution is 2.32. The quantitative estimate of drug-likeness (QED) is 0.775. The summed E-state index contributed by atoms with van der Waals surface area (Å²) in [4.78, 5) is 24.2. The van der Waals surface area contributed by atoms with Gasteiger partial charge in [0.25, 0.3) is 5.56 Å². The molecular formula is C12H18N2O2. The molecule has 1 aliphatic rings. The van der Waals surface area contributed by atoms with E-state index >= 15 is 0 Å². The summed E-state index contributed by atoms with van der Waals surface area (Å²) in [5.74, 6) is 0. The van der Waals surface area contributed by atoms with Gasteiger partial charge in [-0.1, -0.05) is 6.92 Å². The molecule has 1 heterocycles. The van der Waals surface area contributed by atoms with E-state index in [0.717, 1.165) is 25.0 Å². The van der Waals surface area contributed by atoms with Crippen molar-refractivity contribution in [3.8, 4) is 0 Å². The van der Waals surface area contributed by atoms with Crippen LogP contribution in [0, 0.1) is 13.8 Å². The predicted octanol–water partition coefficient (Wildman–Crippen LogP) is 1.37. The van der Waals surface area contributed by atoms with E-state index in [-0.39, 0.29) is 17.3 Å². The monoisotopic (exact) mass is 222 g/mol. The van der Waals surface area contributed by atoms with Gasteiger partial charge in [0, 0.05) is 23.8 Å². The van der Waals surface area contributed by atoms with Crippen LogP contribution in [0.15, 0.2) is 9.59 Å². The third-order valence-electron chi connectivity index (χ3n) is 3.28. The molecule has 88 valence electrons. The van der Waals surface area contributed by atoms with Gasteiger partial charge in [0.05, 0.1) is 0 Å². The first-order chi connectivity index (χ1) is 7.57. The van der Waals surface area contributed by atoms with Gasteiger partial charge in [0.1, 0.15) is 0 Å². The second-order valence-electron chi connectivity index (χ2n) is 4.55. The molecule has 0 saturated heterocycles. The van der Waals surface area contributed by atoms with Crippen LogP contribution in [-0.2, 0) is 6.54 Å². The predicted molar refractivity (Wildman–Crippen MR) is 63.0 cm³/mol. The minimum Gasteiger partial charge on any atom is -0.298 e. The number of hydrogen-bond acceptors (Lipinski definition) is 2. The minimum absolute atomic E-state index is 0.0997. The van der Waals surface area contributed by atoms with Gasteiger partial charge < -0.3 is 0 Å². The third-order valence-corrected chi connectivity index (χ3v) is 3.28. The molecule has 1 fully saturated rings. The molecule has 0 aromatic carbocycles. The van der Waals surface area contributed by atoms with Crippen LogP contribution >= 0.6 is 0 Å². The van der Waals surface area contributed by atoms with E-state index < -0.39 is 0 Å². The van der Waals surface area contributed by atoms with Crippen molar-refractivity contribution in [2.24, 2.45) is 0 Å². The zero-order valence-corrected chi connectivity index (χ0v) is 10.1. The van der Waals surface area contributed by atoms with E-state index in [0.29, 0.717) is 12.1 Å². The van der Waals surface area contributed by atoms with Crippen LogP contribution in [0.2, 0.25) is 0 Å². The molecule has 16 heavy (non-hydrogen) atoms. The highest BCUT2D eigenvalue weighted by Gasteiger charge is 2.28. The van der Waals surface area contributed by atoms with Gasteiger partial charge >= 0.3 is 5.69 Å². The van der Waals surface area contributed by atoms with Gasteiger partial charge in [-0.05, 0) is 33.1 Å². The van der Waals surface area contributed by atoms with Gasteiger partial charge in [-0.3, -0.25) is 13.9 Å². The summed E-state index contributed by atoms with van der Waals surface area (Å²) in [5.41, 5.74) is 1.29. The zero-order chi connectivity index (χ0) is 11.9. The van der Waals surface area contributed by atoms with Gasteiger partial charge in [0.2, 0.25) is 0 Å². The smallest absolute Gasteiger partial charge is 0.298 e. The molecule has 0 atom stereocenters. The van der Waals surface area contributed by atoms with Crippen molar-refractivity contribution >= 4 is 0 Å². The molecule has 0 amide bonds. The Morgan fingerprint density at radius 2 is 1.88 bits per heavy atom. The van der Waals surface area contributed by atoms with Crippen LogP contribution in [0.25, 0.3) is 0 Å². The van der Waals surface area contributed by atoms with E-state index in [1.165, 1.54) is 4.57 Å². The summed E-state index contributed by atoms with van der Waals surface area (Å²) in [5, 5.41) is 0. The fourth-order valence-corrected chi connectivity index (χ4v) is 2.04. The second-order valence-corrected chi connectivity index (χ2v) is 4.55. The molecule has 2 rings (SSSR count). The van der Waals surface area contributed by atoms with Crippen LogP contribution in [0.1, 0.15) is 43.5 Å². The molecule has 0 radical (unpaired) electrons. The molecule has 1 aromatic rings. The molecule has 4 heteroatoms. The van der Waals surface area contributed by atoms with Crippen molar-refractivity contribution in [2.75, 3.05) is 0 Å².